The number of nitrogens with one attached hydrogen (secondary N) is 2. The van der Waals surface area contributed by atoms with Crippen molar-refractivity contribution in [2.24, 2.45) is 0 Å². The van der Waals surface area contributed by atoms with Gasteiger partial charge in [-0.25, -0.2) is 9.78 Å². The first kappa shape index (κ1) is 14.8. The van der Waals surface area contributed by atoms with Gasteiger partial charge in [-0.2, -0.15) is 0 Å². The Kier molecular flexibility index (Phi) is 4.04. The third-order valence-electron chi connectivity index (χ3n) is 3.33. The van der Waals surface area contributed by atoms with Crippen LogP contribution in [-0.4, -0.2) is 33.4 Å². The molecule has 0 fully saturated rings. The lowest BCUT2D eigenvalue weighted by Gasteiger charge is -2.22. The van der Waals surface area contributed by atoms with Gasteiger partial charge in [0.1, 0.15) is 17.5 Å². The standard InChI is InChI=1S/C14H23N3O3/c1-8-5-6-9-11(8)17-12(15-9)10(7-18)16-13(19)20-14(2,3)4/h8,10,18H,5-7H2,1-4H3,(H,15,17)(H,16,19). The Labute approximate surface area is 118 Å². The molecule has 1 aromatic rings. The number of rotatable bonds is 3. The average molecular weight is 281 g/mol. The highest BCUT2D eigenvalue weighted by Gasteiger charge is 2.27. The van der Waals surface area contributed by atoms with Crippen LogP contribution in [0.5, 0.6) is 0 Å². The van der Waals surface area contributed by atoms with Crippen molar-refractivity contribution in [2.45, 2.75) is 58.1 Å². The van der Waals surface area contributed by atoms with E-state index in [1.807, 2.05) is 0 Å². The molecule has 0 aromatic carbocycles. The fourth-order valence-corrected chi connectivity index (χ4v) is 2.35. The van der Waals surface area contributed by atoms with E-state index in [2.05, 4.69) is 22.2 Å². The Morgan fingerprint density at radius 1 is 1.60 bits per heavy atom. The predicted octanol–water partition coefficient (Wildman–Crippen LogP) is 2.02. The van der Waals surface area contributed by atoms with E-state index < -0.39 is 17.7 Å². The largest absolute Gasteiger partial charge is 0.444 e. The molecular formula is C14H23N3O3. The minimum atomic E-state index is -0.567. The smallest absolute Gasteiger partial charge is 0.408 e. The summed E-state index contributed by atoms with van der Waals surface area (Å²) in [6.07, 6.45) is 1.51. The Bertz CT molecular complexity index is 490. The van der Waals surface area contributed by atoms with E-state index in [0.29, 0.717) is 11.7 Å². The summed E-state index contributed by atoms with van der Waals surface area (Å²) in [7, 11) is 0. The van der Waals surface area contributed by atoms with Gasteiger partial charge >= 0.3 is 6.09 Å². The van der Waals surface area contributed by atoms with Gasteiger partial charge in [-0.3, -0.25) is 0 Å². The third-order valence-corrected chi connectivity index (χ3v) is 3.33. The van der Waals surface area contributed by atoms with E-state index in [-0.39, 0.29) is 6.61 Å². The molecule has 1 heterocycles. The number of amides is 1. The zero-order valence-corrected chi connectivity index (χ0v) is 12.5. The Morgan fingerprint density at radius 3 is 2.85 bits per heavy atom. The van der Waals surface area contributed by atoms with Gasteiger partial charge < -0.3 is 20.1 Å². The predicted molar refractivity (Wildman–Crippen MR) is 74.5 cm³/mol. The maximum atomic E-state index is 11.8. The number of ether oxygens (including phenoxy) is 1. The fraction of sp³-hybridized carbons (Fsp3) is 0.714. The summed E-state index contributed by atoms with van der Waals surface area (Å²) in [5.41, 5.74) is 1.59. The number of aliphatic hydroxyl groups is 1. The Hall–Kier alpha value is -1.56. The summed E-state index contributed by atoms with van der Waals surface area (Å²) in [5.74, 6) is 1.02. The fourth-order valence-electron chi connectivity index (χ4n) is 2.35. The summed E-state index contributed by atoms with van der Waals surface area (Å²) < 4.78 is 5.19. The molecule has 0 radical (unpaired) electrons. The van der Waals surface area contributed by atoms with Crippen molar-refractivity contribution in [2.75, 3.05) is 6.61 Å². The molecule has 1 aliphatic rings. The van der Waals surface area contributed by atoms with E-state index in [9.17, 15) is 9.90 Å². The number of hydrogen-bond acceptors (Lipinski definition) is 4. The first-order valence-electron chi connectivity index (χ1n) is 6.99. The molecule has 2 atom stereocenters. The molecule has 20 heavy (non-hydrogen) atoms. The van der Waals surface area contributed by atoms with Crippen molar-refractivity contribution >= 4 is 6.09 Å². The van der Waals surface area contributed by atoms with Gasteiger partial charge in [0.15, 0.2) is 0 Å². The lowest BCUT2D eigenvalue weighted by molar-refractivity contribution is 0.0478. The van der Waals surface area contributed by atoms with E-state index in [4.69, 9.17) is 4.74 Å². The molecular weight excluding hydrogens is 258 g/mol. The maximum absolute atomic E-state index is 11.8. The van der Waals surface area contributed by atoms with Crippen LogP contribution < -0.4 is 5.32 Å². The zero-order valence-electron chi connectivity index (χ0n) is 12.5. The van der Waals surface area contributed by atoms with Crippen molar-refractivity contribution in [1.82, 2.24) is 15.3 Å². The first-order chi connectivity index (χ1) is 9.30. The number of alkyl carbamates (subject to hydrolysis) is 1. The van der Waals surface area contributed by atoms with Gasteiger partial charge in [0.2, 0.25) is 0 Å². The SMILES string of the molecule is CC1CCc2[nH]c(C(CO)NC(=O)OC(C)(C)C)nc21. The number of imidazole rings is 1. The number of fused-ring (bicyclic) bond motifs is 1. The van der Waals surface area contributed by atoms with E-state index >= 15 is 0 Å². The van der Waals surface area contributed by atoms with Crippen LogP contribution in [0.1, 0.15) is 63.3 Å². The Morgan fingerprint density at radius 2 is 2.30 bits per heavy atom. The molecule has 0 aliphatic heterocycles. The van der Waals surface area contributed by atoms with Crippen LogP contribution in [0.15, 0.2) is 0 Å². The number of carbonyl (C=O) groups excluding carboxylic acids is 1. The highest BCUT2D eigenvalue weighted by molar-refractivity contribution is 5.68. The van der Waals surface area contributed by atoms with Crippen molar-refractivity contribution < 1.29 is 14.6 Å². The summed E-state index contributed by atoms with van der Waals surface area (Å²) in [4.78, 5) is 19.5. The average Bonchev–Trinajstić information content (AvgIpc) is 2.87. The van der Waals surface area contributed by atoms with Crippen molar-refractivity contribution in [3.05, 3.63) is 17.2 Å². The number of aromatic nitrogens is 2. The number of aryl methyl sites for hydroxylation is 1. The van der Waals surface area contributed by atoms with Crippen LogP contribution in [0, 0.1) is 0 Å². The second-order valence-corrected chi connectivity index (χ2v) is 6.31. The molecule has 6 nitrogen and oxygen atoms in total. The minimum absolute atomic E-state index is 0.222. The number of aliphatic hydroxyl groups excluding tert-OH is 1. The molecule has 2 unspecified atom stereocenters. The monoisotopic (exact) mass is 281 g/mol. The molecule has 6 heteroatoms. The van der Waals surface area contributed by atoms with E-state index in [1.165, 1.54) is 0 Å². The van der Waals surface area contributed by atoms with Crippen molar-refractivity contribution in [3.63, 3.8) is 0 Å². The zero-order chi connectivity index (χ0) is 14.9. The van der Waals surface area contributed by atoms with Crippen LogP contribution in [-0.2, 0) is 11.2 Å². The van der Waals surface area contributed by atoms with Crippen LogP contribution in [0.3, 0.4) is 0 Å². The maximum Gasteiger partial charge on any atom is 0.408 e. The summed E-state index contributed by atoms with van der Waals surface area (Å²) in [6.45, 7) is 7.29. The normalized spacial score (nSPS) is 19.6. The van der Waals surface area contributed by atoms with Gasteiger partial charge in [-0.15, -0.1) is 0 Å². The molecule has 112 valence electrons. The van der Waals surface area contributed by atoms with Crippen molar-refractivity contribution in [1.29, 1.82) is 0 Å². The number of nitrogens with zero attached hydrogens (tertiary/aromatic N) is 1. The van der Waals surface area contributed by atoms with E-state index in [0.717, 1.165) is 24.2 Å². The molecule has 0 saturated carbocycles. The van der Waals surface area contributed by atoms with Crippen LogP contribution in [0.25, 0.3) is 0 Å². The number of aromatic amines is 1. The number of carbonyl (C=O) groups is 1. The molecule has 1 aliphatic carbocycles. The summed E-state index contributed by atoms with van der Waals surface area (Å²) >= 11 is 0. The van der Waals surface area contributed by atoms with Gasteiger partial charge in [0.05, 0.1) is 12.3 Å². The minimum Gasteiger partial charge on any atom is -0.444 e. The lowest BCUT2D eigenvalue weighted by atomic mass is 10.1. The molecule has 3 N–H and O–H groups in total. The van der Waals surface area contributed by atoms with Gasteiger partial charge in [-0.1, -0.05) is 6.92 Å². The second-order valence-electron chi connectivity index (χ2n) is 6.31. The van der Waals surface area contributed by atoms with Gasteiger partial charge in [0.25, 0.3) is 0 Å². The van der Waals surface area contributed by atoms with Crippen molar-refractivity contribution in [3.8, 4) is 0 Å². The van der Waals surface area contributed by atoms with Crippen LogP contribution in [0.2, 0.25) is 0 Å². The van der Waals surface area contributed by atoms with Gasteiger partial charge in [0, 0.05) is 11.6 Å². The molecule has 0 spiro atoms. The third kappa shape index (κ3) is 3.30. The highest BCUT2D eigenvalue weighted by Crippen LogP contribution is 2.31. The number of hydrogen-bond donors (Lipinski definition) is 3. The quantitative estimate of drug-likeness (QED) is 0.791. The molecule has 2 rings (SSSR count). The highest BCUT2D eigenvalue weighted by atomic mass is 16.6. The summed E-state index contributed by atoms with van der Waals surface area (Å²) in [6, 6.07) is -0.567. The summed E-state index contributed by atoms with van der Waals surface area (Å²) in [5, 5.41) is 12.1. The van der Waals surface area contributed by atoms with E-state index in [1.54, 1.807) is 20.8 Å². The number of H-pyrrole nitrogens is 1. The molecule has 1 aromatic heterocycles. The van der Waals surface area contributed by atoms with Gasteiger partial charge in [-0.05, 0) is 33.6 Å². The topological polar surface area (TPSA) is 87.2 Å². The lowest BCUT2D eigenvalue weighted by Crippen LogP contribution is -2.36. The van der Waals surface area contributed by atoms with Crippen LogP contribution >= 0.6 is 0 Å². The second kappa shape index (κ2) is 5.44. The molecule has 1 amide bonds. The molecule has 0 saturated heterocycles. The first-order valence-corrected chi connectivity index (χ1v) is 6.99. The molecule has 0 bridgehead atoms. The van der Waals surface area contributed by atoms with Crippen LogP contribution in [0.4, 0.5) is 4.79 Å². The Balaban J connectivity index is 2.05.